The molecule has 106 valence electrons. The van der Waals surface area contributed by atoms with Crippen molar-refractivity contribution in [3.8, 4) is 0 Å². The highest BCUT2D eigenvalue weighted by Crippen LogP contribution is 2.26. The molecule has 20 heavy (non-hydrogen) atoms. The predicted molar refractivity (Wildman–Crippen MR) is 69.9 cm³/mol. The monoisotopic (exact) mass is 276 g/mol. The summed E-state index contributed by atoms with van der Waals surface area (Å²) in [7, 11) is 0. The molecule has 1 aliphatic rings. The van der Waals surface area contributed by atoms with E-state index in [1.165, 1.54) is 13.8 Å². The third-order valence-electron chi connectivity index (χ3n) is 3.02. The Labute approximate surface area is 116 Å². The lowest BCUT2D eigenvalue weighted by Gasteiger charge is -2.32. The molecule has 0 N–H and O–H groups in total. The number of hydrogen-bond acceptors (Lipinski definition) is 5. The summed E-state index contributed by atoms with van der Waals surface area (Å²) in [6.45, 7) is 4.85. The van der Waals surface area contributed by atoms with Crippen molar-refractivity contribution in [2.45, 2.75) is 33.0 Å². The van der Waals surface area contributed by atoms with Gasteiger partial charge >= 0.3 is 11.9 Å². The highest BCUT2D eigenvalue weighted by Gasteiger charge is 2.44. The Morgan fingerprint density at radius 3 is 2.10 bits per heavy atom. The van der Waals surface area contributed by atoms with Crippen LogP contribution in [0.3, 0.4) is 0 Å². The molecule has 1 aliphatic heterocycles. The summed E-state index contributed by atoms with van der Waals surface area (Å²) in [6.07, 6.45) is -0.239. The van der Waals surface area contributed by atoms with Crippen LogP contribution in [0.5, 0.6) is 0 Å². The van der Waals surface area contributed by atoms with E-state index in [-0.39, 0.29) is 12.2 Å². The quantitative estimate of drug-likeness (QED) is 0.480. The van der Waals surface area contributed by atoms with Crippen molar-refractivity contribution in [1.29, 1.82) is 0 Å². The molecular weight excluding hydrogens is 260 g/mol. The molecule has 1 saturated heterocycles. The van der Waals surface area contributed by atoms with Gasteiger partial charge in [0.05, 0.1) is 0 Å². The molecule has 0 saturated carbocycles. The molecule has 5 nitrogen and oxygen atoms in total. The molecule has 5 heteroatoms. The molecule has 1 fully saturated rings. The SMILES string of the molecule is Cc1ccc(C(=O)CC2C(=O)OC(C)(C)OC2=O)cc1. The number of ketones is 1. The Balaban J connectivity index is 2.10. The molecule has 1 heterocycles. The number of aryl methyl sites for hydroxylation is 1. The molecule has 2 rings (SSSR count). The van der Waals surface area contributed by atoms with Crippen molar-refractivity contribution in [3.63, 3.8) is 0 Å². The van der Waals surface area contributed by atoms with E-state index in [1.807, 2.05) is 6.92 Å². The van der Waals surface area contributed by atoms with E-state index in [9.17, 15) is 14.4 Å². The summed E-state index contributed by atoms with van der Waals surface area (Å²) in [5.74, 6) is -4.17. The standard InChI is InChI=1S/C15H16O5/c1-9-4-6-10(7-5-9)12(16)8-11-13(17)19-15(2,3)20-14(11)18/h4-7,11H,8H2,1-3H3. The Morgan fingerprint density at radius 2 is 1.60 bits per heavy atom. The van der Waals surface area contributed by atoms with Crippen LogP contribution in [-0.2, 0) is 19.1 Å². The number of carbonyl (C=O) groups is 3. The Morgan fingerprint density at radius 1 is 1.10 bits per heavy atom. The van der Waals surface area contributed by atoms with Gasteiger partial charge < -0.3 is 9.47 Å². The molecule has 0 atom stereocenters. The lowest BCUT2D eigenvalue weighted by Crippen LogP contribution is -2.46. The van der Waals surface area contributed by atoms with Crippen LogP contribution in [0.25, 0.3) is 0 Å². The summed E-state index contributed by atoms with van der Waals surface area (Å²) in [4.78, 5) is 35.6. The largest absolute Gasteiger partial charge is 0.422 e. The first-order chi connectivity index (χ1) is 9.28. The van der Waals surface area contributed by atoms with Crippen LogP contribution in [0.1, 0.15) is 36.2 Å². The maximum absolute atomic E-state index is 12.1. The molecule has 0 bridgehead atoms. The minimum absolute atomic E-state index is 0.239. The van der Waals surface area contributed by atoms with Gasteiger partial charge in [0.2, 0.25) is 0 Å². The van der Waals surface area contributed by atoms with Crippen molar-refractivity contribution >= 4 is 17.7 Å². The summed E-state index contributed by atoms with van der Waals surface area (Å²) >= 11 is 0. The van der Waals surface area contributed by atoms with E-state index in [2.05, 4.69) is 0 Å². The average Bonchev–Trinajstić information content (AvgIpc) is 2.33. The van der Waals surface area contributed by atoms with E-state index < -0.39 is 23.6 Å². The van der Waals surface area contributed by atoms with E-state index in [4.69, 9.17) is 9.47 Å². The van der Waals surface area contributed by atoms with Gasteiger partial charge in [0.25, 0.3) is 5.79 Å². The average molecular weight is 276 g/mol. The lowest BCUT2D eigenvalue weighted by atomic mass is 9.97. The van der Waals surface area contributed by atoms with Gasteiger partial charge in [0.15, 0.2) is 11.7 Å². The van der Waals surface area contributed by atoms with Crippen molar-refractivity contribution in [1.82, 2.24) is 0 Å². The van der Waals surface area contributed by atoms with Gasteiger partial charge in [-0.3, -0.25) is 14.4 Å². The number of rotatable bonds is 3. The lowest BCUT2D eigenvalue weighted by molar-refractivity contribution is -0.239. The molecule has 0 radical (unpaired) electrons. The maximum Gasteiger partial charge on any atom is 0.324 e. The smallest absolute Gasteiger partial charge is 0.324 e. The number of hydrogen-bond donors (Lipinski definition) is 0. The highest BCUT2D eigenvalue weighted by molar-refractivity contribution is 6.05. The minimum Gasteiger partial charge on any atom is -0.422 e. The predicted octanol–water partition coefficient (Wildman–Crippen LogP) is 2.02. The molecule has 0 amide bonds. The molecule has 0 aliphatic carbocycles. The molecule has 1 aromatic rings. The molecule has 0 aromatic heterocycles. The highest BCUT2D eigenvalue weighted by atomic mass is 16.7. The second kappa shape index (κ2) is 5.07. The fraction of sp³-hybridized carbons (Fsp3) is 0.400. The molecule has 1 aromatic carbocycles. The summed E-state index contributed by atoms with van der Waals surface area (Å²) < 4.78 is 9.96. The van der Waals surface area contributed by atoms with Crippen LogP contribution in [0, 0.1) is 12.8 Å². The number of carbonyl (C=O) groups excluding carboxylic acids is 3. The Bertz CT molecular complexity index is 536. The van der Waals surface area contributed by atoms with E-state index in [0.29, 0.717) is 5.56 Å². The summed E-state index contributed by atoms with van der Waals surface area (Å²) in [5, 5.41) is 0. The summed E-state index contributed by atoms with van der Waals surface area (Å²) in [6, 6.07) is 6.93. The maximum atomic E-state index is 12.1. The zero-order chi connectivity index (χ0) is 14.9. The van der Waals surface area contributed by atoms with Crippen LogP contribution < -0.4 is 0 Å². The van der Waals surface area contributed by atoms with Gasteiger partial charge in [-0.1, -0.05) is 29.8 Å². The van der Waals surface area contributed by atoms with Gasteiger partial charge in [0, 0.05) is 25.8 Å². The summed E-state index contributed by atoms with van der Waals surface area (Å²) in [5.41, 5.74) is 1.49. The van der Waals surface area contributed by atoms with Gasteiger partial charge in [-0.05, 0) is 6.92 Å². The van der Waals surface area contributed by atoms with Crippen LogP contribution in [0.15, 0.2) is 24.3 Å². The fourth-order valence-corrected chi connectivity index (χ4v) is 1.95. The number of cyclic esters (lactones) is 2. The zero-order valence-electron chi connectivity index (χ0n) is 11.6. The molecule has 0 unspecified atom stereocenters. The van der Waals surface area contributed by atoms with Crippen LogP contribution >= 0.6 is 0 Å². The Kier molecular flexibility index (Phi) is 3.61. The van der Waals surface area contributed by atoms with Gasteiger partial charge in [-0.25, -0.2) is 0 Å². The molecular formula is C15H16O5. The second-order valence-electron chi connectivity index (χ2n) is 5.29. The third kappa shape index (κ3) is 3.04. The third-order valence-corrected chi connectivity index (χ3v) is 3.02. The number of ether oxygens (including phenoxy) is 2. The van der Waals surface area contributed by atoms with Crippen molar-refractivity contribution in [3.05, 3.63) is 35.4 Å². The topological polar surface area (TPSA) is 69.7 Å². The van der Waals surface area contributed by atoms with Crippen molar-refractivity contribution in [2.24, 2.45) is 5.92 Å². The number of benzene rings is 1. The van der Waals surface area contributed by atoms with E-state index >= 15 is 0 Å². The van der Waals surface area contributed by atoms with Crippen LogP contribution in [-0.4, -0.2) is 23.5 Å². The van der Waals surface area contributed by atoms with E-state index in [1.54, 1.807) is 24.3 Å². The molecule has 0 spiro atoms. The number of esters is 2. The first-order valence-corrected chi connectivity index (χ1v) is 6.34. The first kappa shape index (κ1) is 14.2. The van der Waals surface area contributed by atoms with Gasteiger partial charge in [-0.15, -0.1) is 0 Å². The minimum atomic E-state index is -1.27. The zero-order valence-corrected chi connectivity index (χ0v) is 11.6. The van der Waals surface area contributed by atoms with Gasteiger partial charge in [0.1, 0.15) is 0 Å². The van der Waals surface area contributed by atoms with Crippen molar-refractivity contribution < 1.29 is 23.9 Å². The Hall–Kier alpha value is -2.17. The van der Waals surface area contributed by atoms with Gasteiger partial charge in [-0.2, -0.15) is 0 Å². The fourth-order valence-electron chi connectivity index (χ4n) is 1.95. The number of Topliss-reactive ketones (excluding diaryl/α,β-unsaturated/α-hetero) is 1. The normalized spacial score (nSPS) is 18.4. The van der Waals surface area contributed by atoms with Crippen LogP contribution in [0.4, 0.5) is 0 Å². The van der Waals surface area contributed by atoms with Crippen molar-refractivity contribution in [2.75, 3.05) is 0 Å². The second-order valence-corrected chi connectivity index (χ2v) is 5.29. The first-order valence-electron chi connectivity index (χ1n) is 6.34. The van der Waals surface area contributed by atoms with E-state index in [0.717, 1.165) is 5.56 Å². The van der Waals surface area contributed by atoms with Crippen LogP contribution in [0.2, 0.25) is 0 Å².